The first-order valence-electron chi connectivity index (χ1n) is 7.37. The molecule has 0 N–H and O–H groups in total. The standard InChI is InChI=1S/C17H22BrNO/c1-11(2)14-6-4-12(3)8-17(14)20-16-7-5-13(10-19)9-15(16)18/h5,7,9,11-12,14,17H,4,6,8H2,1-3H3. The highest BCUT2D eigenvalue weighted by molar-refractivity contribution is 9.10. The van der Waals surface area contributed by atoms with E-state index in [9.17, 15) is 0 Å². The zero-order chi connectivity index (χ0) is 14.7. The molecule has 1 saturated carbocycles. The van der Waals surface area contributed by atoms with Crippen LogP contribution in [0.25, 0.3) is 0 Å². The number of ether oxygens (including phenoxy) is 1. The molecule has 1 fully saturated rings. The van der Waals surface area contributed by atoms with Crippen LogP contribution in [-0.2, 0) is 0 Å². The van der Waals surface area contributed by atoms with Crippen LogP contribution in [0.5, 0.6) is 5.75 Å². The quantitative estimate of drug-likeness (QED) is 0.764. The van der Waals surface area contributed by atoms with E-state index in [2.05, 4.69) is 42.8 Å². The van der Waals surface area contributed by atoms with Crippen LogP contribution in [0.4, 0.5) is 0 Å². The van der Waals surface area contributed by atoms with E-state index in [-0.39, 0.29) is 6.10 Å². The number of rotatable bonds is 3. The highest BCUT2D eigenvalue weighted by Gasteiger charge is 2.32. The molecule has 0 aromatic heterocycles. The molecule has 1 aliphatic carbocycles. The second kappa shape index (κ2) is 6.63. The molecule has 2 rings (SSSR count). The van der Waals surface area contributed by atoms with Crippen LogP contribution in [0, 0.1) is 29.1 Å². The largest absolute Gasteiger partial charge is 0.489 e. The van der Waals surface area contributed by atoms with Crippen molar-refractivity contribution in [2.24, 2.45) is 17.8 Å². The van der Waals surface area contributed by atoms with Gasteiger partial charge in [-0.3, -0.25) is 0 Å². The monoisotopic (exact) mass is 335 g/mol. The maximum atomic E-state index is 8.91. The van der Waals surface area contributed by atoms with Crippen molar-refractivity contribution in [3.63, 3.8) is 0 Å². The average molecular weight is 336 g/mol. The number of hydrogen-bond acceptors (Lipinski definition) is 2. The van der Waals surface area contributed by atoms with Crippen molar-refractivity contribution >= 4 is 15.9 Å². The molecule has 3 heteroatoms. The Labute approximate surface area is 130 Å². The van der Waals surface area contributed by atoms with Gasteiger partial charge in [-0.25, -0.2) is 0 Å². The molecule has 0 heterocycles. The van der Waals surface area contributed by atoms with E-state index in [1.54, 1.807) is 0 Å². The number of hydrogen-bond donors (Lipinski definition) is 0. The van der Waals surface area contributed by atoms with Crippen LogP contribution in [-0.4, -0.2) is 6.10 Å². The minimum Gasteiger partial charge on any atom is -0.489 e. The van der Waals surface area contributed by atoms with Crippen molar-refractivity contribution in [1.82, 2.24) is 0 Å². The van der Waals surface area contributed by atoms with Crippen LogP contribution in [0.3, 0.4) is 0 Å². The van der Waals surface area contributed by atoms with Gasteiger partial charge in [-0.2, -0.15) is 5.26 Å². The Bertz CT molecular complexity index is 506. The maximum absolute atomic E-state index is 8.91. The molecule has 0 aliphatic heterocycles. The second-order valence-electron chi connectivity index (χ2n) is 6.24. The number of halogens is 1. The average Bonchev–Trinajstić information content (AvgIpc) is 2.40. The van der Waals surface area contributed by atoms with Crippen molar-refractivity contribution in [2.75, 3.05) is 0 Å². The Morgan fingerprint density at radius 2 is 2.10 bits per heavy atom. The highest BCUT2D eigenvalue weighted by atomic mass is 79.9. The van der Waals surface area contributed by atoms with E-state index >= 15 is 0 Å². The molecule has 20 heavy (non-hydrogen) atoms. The molecule has 1 aliphatic rings. The molecule has 3 atom stereocenters. The smallest absolute Gasteiger partial charge is 0.133 e. The third kappa shape index (κ3) is 3.55. The molecular formula is C17H22BrNO. The molecule has 108 valence electrons. The lowest BCUT2D eigenvalue weighted by Gasteiger charge is -2.37. The second-order valence-corrected chi connectivity index (χ2v) is 7.09. The maximum Gasteiger partial charge on any atom is 0.133 e. The molecule has 1 aromatic carbocycles. The Morgan fingerprint density at radius 3 is 2.70 bits per heavy atom. The van der Waals surface area contributed by atoms with Crippen LogP contribution in [0.2, 0.25) is 0 Å². The first-order chi connectivity index (χ1) is 9.51. The van der Waals surface area contributed by atoms with Gasteiger partial charge in [0.2, 0.25) is 0 Å². The molecule has 1 aromatic rings. The van der Waals surface area contributed by atoms with Crippen molar-refractivity contribution in [2.45, 2.75) is 46.1 Å². The summed E-state index contributed by atoms with van der Waals surface area (Å²) < 4.78 is 7.15. The van der Waals surface area contributed by atoms with Gasteiger partial charge in [0.1, 0.15) is 11.9 Å². The van der Waals surface area contributed by atoms with Gasteiger partial charge in [0.15, 0.2) is 0 Å². The van der Waals surface area contributed by atoms with Crippen LogP contribution in [0.15, 0.2) is 22.7 Å². The predicted octanol–water partition coefficient (Wildman–Crippen LogP) is 5.16. The Balaban J connectivity index is 2.16. The summed E-state index contributed by atoms with van der Waals surface area (Å²) in [6, 6.07) is 7.69. The zero-order valence-corrected chi connectivity index (χ0v) is 14.0. The number of benzene rings is 1. The Kier molecular flexibility index (Phi) is 5.10. The fraction of sp³-hybridized carbons (Fsp3) is 0.588. The number of nitrogens with zero attached hydrogens (tertiary/aromatic N) is 1. The van der Waals surface area contributed by atoms with Gasteiger partial charge in [-0.1, -0.05) is 27.2 Å². The van der Waals surface area contributed by atoms with E-state index in [0.29, 0.717) is 17.4 Å². The van der Waals surface area contributed by atoms with Crippen LogP contribution >= 0.6 is 15.9 Å². The van der Waals surface area contributed by atoms with Gasteiger partial charge in [-0.15, -0.1) is 0 Å². The molecule has 3 unspecified atom stereocenters. The minimum atomic E-state index is 0.281. The molecule has 2 nitrogen and oxygen atoms in total. The summed E-state index contributed by atoms with van der Waals surface area (Å²) in [7, 11) is 0. The molecular weight excluding hydrogens is 314 g/mol. The van der Waals surface area contributed by atoms with E-state index in [4.69, 9.17) is 10.00 Å². The predicted molar refractivity (Wildman–Crippen MR) is 84.6 cm³/mol. The van der Waals surface area contributed by atoms with Gasteiger partial charge in [0.05, 0.1) is 16.1 Å². The summed E-state index contributed by atoms with van der Waals surface area (Å²) in [5.41, 5.74) is 0.654. The lowest BCUT2D eigenvalue weighted by Crippen LogP contribution is -2.36. The van der Waals surface area contributed by atoms with Crippen molar-refractivity contribution in [1.29, 1.82) is 5.26 Å². The van der Waals surface area contributed by atoms with Gasteiger partial charge >= 0.3 is 0 Å². The first-order valence-corrected chi connectivity index (χ1v) is 8.17. The molecule has 0 amide bonds. The molecule has 0 spiro atoms. The normalized spacial score (nSPS) is 26.3. The van der Waals surface area contributed by atoms with Gasteiger partial charge in [0, 0.05) is 0 Å². The molecule has 0 saturated heterocycles. The van der Waals surface area contributed by atoms with Crippen molar-refractivity contribution < 1.29 is 4.74 Å². The number of nitriles is 1. The van der Waals surface area contributed by atoms with Crippen molar-refractivity contribution in [3.8, 4) is 11.8 Å². The Hall–Kier alpha value is -1.01. The Morgan fingerprint density at radius 1 is 1.35 bits per heavy atom. The lowest BCUT2D eigenvalue weighted by atomic mass is 9.75. The fourth-order valence-electron chi connectivity index (χ4n) is 3.08. The zero-order valence-electron chi connectivity index (χ0n) is 12.4. The molecule has 0 bridgehead atoms. The third-order valence-electron chi connectivity index (χ3n) is 4.30. The third-order valence-corrected chi connectivity index (χ3v) is 4.92. The van der Waals surface area contributed by atoms with Crippen LogP contribution in [0.1, 0.15) is 45.6 Å². The highest BCUT2D eigenvalue weighted by Crippen LogP contribution is 2.37. The van der Waals surface area contributed by atoms with E-state index in [1.165, 1.54) is 12.8 Å². The molecule has 0 radical (unpaired) electrons. The summed E-state index contributed by atoms with van der Waals surface area (Å²) in [6.07, 6.45) is 3.95. The van der Waals surface area contributed by atoms with E-state index < -0.39 is 0 Å². The van der Waals surface area contributed by atoms with E-state index in [1.807, 2.05) is 18.2 Å². The summed E-state index contributed by atoms with van der Waals surface area (Å²) in [4.78, 5) is 0. The fourth-order valence-corrected chi connectivity index (χ4v) is 3.55. The van der Waals surface area contributed by atoms with Gasteiger partial charge < -0.3 is 4.74 Å². The van der Waals surface area contributed by atoms with Gasteiger partial charge in [0.25, 0.3) is 0 Å². The van der Waals surface area contributed by atoms with E-state index in [0.717, 1.165) is 22.6 Å². The first kappa shape index (κ1) is 15.4. The summed E-state index contributed by atoms with van der Waals surface area (Å²) in [5, 5.41) is 8.91. The topological polar surface area (TPSA) is 33.0 Å². The summed E-state index contributed by atoms with van der Waals surface area (Å²) in [5.74, 6) is 2.85. The van der Waals surface area contributed by atoms with Crippen LogP contribution < -0.4 is 4.74 Å². The summed E-state index contributed by atoms with van der Waals surface area (Å²) in [6.45, 7) is 6.87. The minimum absolute atomic E-state index is 0.281. The SMILES string of the molecule is CC1CCC(C(C)C)C(Oc2ccc(C#N)cc2Br)C1. The summed E-state index contributed by atoms with van der Waals surface area (Å²) >= 11 is 3.51. The van der Waals surface area contributed by atoms with Gasteiger partial charge in [-0.05, 0) is 64.7 Å². The lowest BCUT2D eigenvalue weighted by molar-refractivity contribution is 0.0454. The van der Waals surface area contributed by atoms with Crippen molar-refractivity contribution in [3.05, 3.63) is 28.2 Å².